The Morgan fingerprint density at radius 3 is 1.81 bits per heavy atom. The van der Waals surface area contributed by atoms with Crippen molar-refractivity contribution in [3.05, 3.63) is 92.6 Å². The number of alkyl halides is 3. The van der Waals surface area contributed by atoms with Crippen LogP contribution in [0.2, 0.25) is 0 Å². The standard InChI is InChI=1S/C36H26B12F4N4O2S/c1-3-54(4-2)35(45,46)36(47,48)56(32(41,42)25-28(39)26(37)24(27(38)29(25)40)17-8-10-19(11-9-17)34(50,51)52)23(57)16-55-22-7-5-6-21(22)30(58)53-31(55)59-33(43,44)18-12-14-20(49)15-13-18/h8-15H,3-7,16H2,1-2H3. The molecule has 0 spiro atoms. The quantitative estimate of drug-likeness (QED) is 0.0700. The molecule has 6 nitrogen and oxygen atoms in total. The van der Waals surface area contributed by atoms with E-state index in [0.717, 1.165) is 36.4 Å². The topological polar surface area (TPSA) is 58.4 Å². The van der Waals surface area contributed by atoms with Gasteiger partial charge in [0.05, 0.1) is 68.3 Å². The van der Waals surface area contributed by atoms with E-state index in [-0.39, 0.29) is 45.9 Å². The van der Waals surface area contributed by atoms with Gasteiger partial charge in [-0.25, -0.2) is 4.39 Å². The fourth-order valence-corrected chi connectivity index (χ4v) is 8.33. The fourth-order valence-electron chi connectivity index (χ4n) is 7.36. The van der Waals surface area contributed by atoms with E-state index >= 15 is 4.79 Å². The maximum absolute atomic E-state index is 15.1. The number of benzene rings is 3. The van der Waals surface area contributed by atoms with Gasteiger partial charge in [0.25, 0.3) is 5.56 Å². The van der Waals surface area contributed by atoms with Crippen LogP contribution >= 0.6 is 11.8 Å². The zero-order chi connectivity index (χ0) is 44.2. The van der Waals surface area contributed by atoms with Crippen LogP contribution in [0.4, 0.5) is 17.6 Å². The molecule has 0 saturated carbocycles. The molecule has 0 unspecified atom stereocenters. The van der Waals surface area contributed by atoms with E-state index in [4.69, 9.17) is 94.2 Å². The predicted octanol–water partition coefficient (Wildman–Crippen LogP) is -1.73. The maximum atomic E-state index is 15.1. The van der Waals surface area contributed by atoms with E-state index in [1.54, 1.807) is 13.8 Å². The van der Waals surface area contributed by atoms with Crippen LogP contribution in [0.15, 0.2) is 58.5 Å². The maximum Gasteiger partial charge on any atom is 0.416 e. The molecule has 0 fully saturated rings. The molecule has 24 radical (unpaired) electrons. The van der Waals surface area contributed by atoms with Gasteiger partial charge < -0.3 is 14.4 Å². The highest BCUT2D eigenvalue weighted by atomic mass is 32.2. The van der Waals surface area contributed by atoms with Gasteiger partial charge in [0.15, 0.2) is 5.16 Å². The highest BCUT2D eigenvalue weighted by Crippen LogP contribution is 2.38. The normalized spacial score (nSPS) is 13.7. The molecule has 0 aliphatic heterocycles. The van der Waals surface area contributed by atoms with Crippen LogP contribution in [0, 0.1) is 5.82 Å². The molecule has 1 heterocycles. The second kappa shape index (κ2) is 16.9. The van der Waals surface area contributed by atoms with Gasteiger partial charge in [-0.1, -0.05) is 77.3 Å². The average Bonchev–Trinajstić information content (AvgIpc) is 3.63. The number of halogens is 4. The lowest BCUT2D eigenvalue weighted by Crippen LogP contribution is -2.78. The highest BCUT2D eigenvalue weighted by Gasteiger charge is 2.50. The summed E-state index contributed by atoms with van der Waals surface area (Å²) in [7, 11) is 80.0. The third-order valence-electron chi connectivity index (χ3n) is 10.5. The molecule has 5 rings (SSSR count). The van der Waals surface area contributed by atoms with Crippen molar-refractivity contribution in [2.45, 2.75) is 71.5 Å². The van der Waals surface area contributed by atoms with Crippen molar-refractivity contribution < 1.29 is 22.4 Å². The molecule has 4 aromatic rings. The first-order valence-electron chi connectivity index (χ1n) is 18.1. The molecule has 0 saturated heterocycles. The molecule has 1 aromatic heterocycles. The number of carbonyl (C=O) groups excluding carboxylic acids is 1. The number of carbonyl (C=O) groups is 1. The molecule has 3 aromatic carbocycles. The molecule has 1 aliphatic rings. The third-order valence-corrected chi connectivity index (χ3v) is 11.6. The first-order valence-corrected chi connectivity index (χ1v) is 19.0. The zero-order valence-corrected chi connectivity index (χ0v) is 33.1. The first-order chi connectivity index (χ1) is 27.2. The van der Waals surface area contributed by atoms with E-state index in [0.29, 0.717) is 47.2 Å². The Morgan fingerprint density at radius 2 is 1.31 bits per heavy atom. The summed E-state index contributed by atoms with van der Waals surface area (Å²) in [6.07, 6.45) is -3.47. The zero-order valence-electron chi connectivity index (χ0n) is 32.3. The molecule has 1 amide bonds. The van der Waals surface area contributed by atoms with Crippen LogP contribution < -0.4 is 27.4 Å². The molecule has 1 aliphatic carbocycles. The minimum Gasteiger partial charge on any atom is -0.360 e. The number of fused-ring (bicyclic) bond motifs is 1. The second-order valence-electron chi connectivity index (χ2n) is 14.3. The Morgan fingerprint density at radius 1 is 0.780 bits per heavy atom. The molecular weight excluding hydrogens is 758 g/mol. The van der Waals surface area contributed by atoms with E-state index < -0.39 is 72.6 Å². The number of amides is 1. The van der Waals surface area contributed by atoms with Crippen LogP contribution in [0.1, 0.15) is 48.2 Å². The van der Waals surface area contributed by atoms with Gasteiger partial charge in [0, 0.05) is 11.3 Å². The lowest BCUT2D eigenvalue weighted by molar-refractivity contribution is -0.138. The summed E-state index contributed by atoms with van der Waals surface area (Å²) in [5.74, 6) is -1.62. The lowest BCUT2D eigenvalue weighted by Gasteiger charge is -2.62. The second-order valence-corrected chi connectivity index (χ2v) is 15.6. The Kier molecular flexibility index (Phi) is 13.5. The SMILES string of the molecule is [B]c1c([B])c(C([B])([B])N(C(=O)Cn2c(SC([B])([B])c3ccc(F)cc3)nc(=O)c3c2CCC3)C([B])([B])C([B])([B])N(CC)CC)c([B])c([B])c1-c1ccc(C(F)(F)F)cc1. The number of likely N-dealkylation sites (N-methyl/N-ethyl adjacent to an activating group) is 1. The largest absolute Gasteiger partial charge is 0.416 e. The molecule has 0 bridgehead atoms. The fraction of sp³-hybridized carbons (Fsp3) is 0.361. The minimum absolute atomic E-state index is 0.0576. The Bertz CT molecular complexity index is 2280. The van der Waals surface area contributed by atoms with E-state index in [1.807, 2.05) is 0 Å². The number of nitrogens with zero attached hydrogens (tertiary/aromatic N) is 4. The van der Waals surface area contributed by atoms with E-state index in [9.17, 15) is 22.4 Å². The molecule has 0 N–H and O–H groups in total. The van der Waals surface area contributed by atoms with Gasteiger partial charge in [-0.3, -0.25) is 9.59 Å². The van der Waals surface area contributed by atoms with Gasteiger partial charge >= 0.3 is 6.18 Å². The van der Waals surface area contributed by atoms with Crippen molar-refractivity contribution >= 4 is 134 Å². The van der Waals surface area contributed by atoms with Crippen molar-refractivity contribution in [1.29, 1.82) is 0 Å². The minimum atomic E-state index is -4.64. The van der Waals surface area contributed by atoms with Crippen LogP contribution in [0.5, 0.6) is 0 Å². The van der Waals surface area contributed by atoms with Gasteiger partial charge in [0.1, 0.15) is 43.7 Å². The summed E-state index contributed by atoms with van der Waals surface area (Å²) in [5.41, 5.74) is -2.51. The van der Waals surface area contributed by atoms with Crippen LogP contribution in [-0.4, -0.2) is 143 Å². The van der Waals surface area contributed by atoms with Gasteiger partial charge in [-0.2, -0.15) is 18.2 Å². The van der Waals surface area contributed by atoms with Crippen molar-refractivity contribution in [3.8, 4) is 11.1 Å². The first kappa shape index (κ1) is 46.9. The molecular formula is C36H26B12F4N4O2S. The molecule has 23 heteroatoms. The van der Waals surface area contributed by atoms with E-state index in [2.05, 4.69) is 4.98 Å². The Balaban J connectivity index is 1.72. The molecule has 0 atom stereocenters. The summed E-state index contributed by atoms with van der Waals surface area (Å²) in [6.45, 7) is 2.97. The van der Waals surface area contributed by atoms with Gasteiger partial charge in [0.2, 0.25) is 5.91 Å². The Labute approximate surface area is 362 Å². The highest BCUT2D eigenvalue weighted by molar-refractivity contribution is 8.02. The van der Waals surface area contributed by atoms with Gasteiger partial charge in [-0.05, 0) is 93.9 Å². The average molecular weight is 784 g/mol. The smallest absolute Gasteiger partial charge is 0.360 e. The van der Waals surface area contributed by atoms with Crippen LogP contribution in [-0.2, 0) is 40.2 Å². The predicted molar refractivity (Wildman–Crippen MR) is 236 cm³/mol. The van der Waals surface area contributed by atoms with Crippen molar-refractivity contribution in [2.24, 2.45) is 0 Å². The summed E-state index contributed by atoms with van der Waals surface area (Å²) >= 11 is 0.701. The summed E-state index contributed by atoms with van der Waals surface area (Å²) < 4.78 is 53.5. The number of hydrogen-bond acceptors (Lipinski definition) is 5. The Hall–Kier alpha value is -3.18. The summed E-state index contributed by atoms with van der Waals surface area (Å²) in [5, 5.41) is -7.95. The lowest BCUT2D eigenvalue weighted by atomic mass is 9.34. The number of hydrogen-bond donors (Lipinski definition) is 0. The van der Waals surface area contributed by atoms with Crippen LogP contribution in [0.25, 0.3) is 11.1 Å². The monoisotopic (exact) mass is 786 g/mol. The number of aromatic nitrogens is 2. The van der Waals surface area contributed by atoms with Gasteiger partial charge in [-0.15, -0.1) is 0 Å². The van der Waals surface area contributed by atoms with Crippen molar-refractivity contribution in [3.63, 3.8) is 0 Å². The third kappa shape index (κ3) is 8.67. The summed E-state index contributed by atoms with van der Waals surface area (Å²) in [6, 6.07) is 8.85. The summed E-state index contributed by atoms with van der Waals surface area (Å²) in [4.78, 5) is 34.6. The van der Waals surface area contributed by atoms with Crippen molar-refractivity contribution in [2.75, 3.05) is 13.1 Å². The molecule has 272 valence electrons. The molecule has 59 heavy (non-hydrogen) atoms. The van der Waals surface area contributed by atoms with Crippen LogP contribution in [0.3, 0.4) is 0 Å². The van der Waals surface area contributed by atoms with E-state index in [1.165, 1.54) is 21.6 Å². The number of thioether (sulfide) groups is 1. The number of rotatable bonds is 13. The van der Waals surface area contributed by atoms with Crippen molar-refractivity contribution in [1.82, 2.24) is 19.4 Å².